The molecule has 4 heteroatoms. The van der Waals surface area contributed by atoms with E-state index in [4.69, 9.17) is 5.11 Å². The Morgan fingerprint density at radius 3 is 2.77 bits per heavy atom. The molecular weight excluding hydrogens is 166 g/mol. The van der Waals surface area contributed by atoms with Gasteiger partial charge in [0.15, 0.2) is 0 Å². The molecule has 13 heavy (non-hydrogen) atoms. The molecular formula is C9H15N3O. The van der Waals surface area contributed by atoms with E-state index in [0.29, 0.717) is 12.0 Å². The highest BCUT2D eigenvalue weighted by molar-refractivity contribution is 5.23. The van der Waals surface area contributed by atoms with E-state index in [1.807, 2.05) is 6.92 Å². The van der Waals surface area contributed by atoms with Crippen LogP contribution in [0.2, 0.25) is 0 Å². The van der Waals surface area contributed by atoms with Crippen LogP contribution in [0.15, 0.2) is 18.5 Å². The number of aliphatic hydroxyl groups excluding tert-OH is 1. The van der Waals surface area contributed by atoms with Gasteiger partial charge >= 0.3 is 0 Å². The minimum atomic E-state index is 0.238. The van der Waals surface area contributed by atoms with E-state index in [1.54, 1.807) is 18.5 Å². The van der Waals surface area contributed by atoms with Gasteiger partial charge in [-0.15, -0.1) is 0 Å². The molecule has 0 spiro atoms. The third-order valence-corrected chi connectivity index (χ3v) is 1.74. The Morgan fingerprint density at radius 2 is 2.15 bits per heavy atom. The Labute approximate surface area is 78.0 Å². The maximum Gasteiger partial charge on any atom is 0.222 e. The van der Waals surface area contributed by atoms with Crippen LogP contribution in [-0.4, -0.2) is 27.7 Å². The molecule has 2 N–H and O–H groups in total. The summed E-state index contributed by atoms with van der Waals surface area (Å²) in [5, 5.41) is 11.8. The summed E-state index contributed by atoms with van der Waals surface area (Å²) in [5.41, 5.74) is 0. The van der Waals surface area contributed by atoms with E-state index in [-0.39, 0.29) is 6.61 Å². The van der Waals surface area contributed by atoms with Gasteiger partial charge in [0.2, 0.25) is 5.95 Å². The predicted octanol–water partition coefficient (Wildman–Crippen LogP) is 1.05. The molecule has 1 aromatic heterocycles. The fraction of sp³-hybridized carbons (Fsp3) is 0.556. The zero-order chi connectivity index (χ0) is 9.52. The lowest BCUT2D eigenvalue weighted by Gasteiger charge is -2.11. The van der Waals surface area contributed by atoms with Crippen LogP contribution in [-0.2, 0) is 0 Å². The third-order valence-electron chi connectivity index (χ3n) is 1.74. The van der Waals surface area contributed by atoms with Crippen LogP contribution in [0.1, 0.15) is 19.8 Å². The zero-order valence-electron chi connectivity index (χ0n) is 7.77. The minimum absolute atomic E-state index is 0.238. The summed E-state index contributed by atoms with van der Waals surface area (Å²) in [4.78, 5) is 8.08. The van der Waals surface area contributed by atoms with Gasteiger partial charge in [0, 0.05) is 25.0 Å². The van der Waals surface area contributed by atoms with Crippen molar-refractivity contribution in [1.29, 1.82) is 0 Å². The summed E-state index contributed by atoms with van der Waals surface area (Å²) in [7, 11) is 0. The normalized spacial score (nSPS) is 12.5. The minimum Gasteiger partial charge on any atom is -0.396 e. The van der Waals surface area contributed by atoms with Crippen LogP contribution in [0.3, 0.4) is 0 Å². The van der Waals surface area contributed by atoms with Gasteiger partial charge in [-0.3, -0.25) is 0 Å². The SMILES string of the molecule is CC(CCCO)Nc1ncccn1. The molecule has 0 saturated carbocycles. The second-order valence-corrected chi connectivity index (χ2v) is 2.98. The van der Waals surface area contributed by atoms with Crippen molar-refractivity contribution in [2.75, 3.05) is 11.9 Å². The highest BCUT2D eigenvalue weighted by Crippen LogP contribution is 2.02. The summed E-state index contributed by atoms with van der Waals surface area (Å²) < 4.78 is 0. The second-order valence-electron chi connectivity index (χ2n) is 2.98. The number of nitrogens with zero attached hydrogens (tertiary/aromatic N) is 2. The van der Waals surface area contributed by atoms with Crippen LogP contribution in [0, 0.1) is 0 Å². The third kappa shape index (κ3) is 3.85. The van der Waals surface area contributed by atoms with Crippen molar-refractivity contribution in [3.8, 4) is 0 Å². The average molecular weight is 181 g/mol. The van der Waals surface area contributed by atoms with Gasteiger partial charge in [-0.2, -0.15) is 0 Å². The first-order chi connectivity index (χ1) is 6.33. The van der Waals surface area contributed by atoms with Crippen LogP contribution in [0.25, 0.3) is 0 Å². The average Bonchev–Trinajstić information content (AvgIpc) is 2.16. The van der Waals surface area contributed by atoms with E-state index in [0.717, 1.165) is 12.8 Å². The van der Waals surface area contributed by atoms with E-state index >= 15 is 0 Å². The van der Waals surface area contributed by atoms with Crippen molar-refractivity contribution in [2.24, 2.45) is 0 Å². The molecule has 1 unspecified atom stereocenters. The summed E-state index contributed by atoms with van der Waals surface area (Å²) in [5.74, 6) is 0.646. The first-order valence-electron chi connectivity index (χ1n) is 4.47. The first-order valence-corrected chi connectivity index (χ1v) is 4.47. The largest absolute Gasteiger partial charge is 0.396 e. The lowest BCUT2D eigenvalue weighted by Crippen LogP contribution is -2.17. The van der Waals surface area contributed by atoms with Crippen molar-refractivity contribution in [2.45, 2.75) is 25.8 Å². The number of aliphatic hydroxyl groups is 1. The van der Waals surface area contributed by atoms with Crippen molar-refractivity contribution >= 4 is 5.95 Å². The topological polar surface area (TPSA) is 58.0 Å². The van der Waals surface area contributed by atoms with Crippen molar-refractivity contribution in [3.05, 3.63) is 18.5 Å². The highest BCUT2D eigenvalue weighted by Gasteiger charge is 2.01. The summed E-state index contributed by atoms with van der Waals surface area (Å²) in [6.45, 7) is 2.29. The molecule has 0 aliphatic carbocycles. The molecule has 0 aliphatic rings. The first kappa shape index (κ1) is 9.92. The molecule has 1 atom stereocenters. The van der Waals surface area contributed by atoms with Crippen LogP contribution < -0.4 is 5.32 Å². The molecule has 0 aromatic carbocycles. The maximum atomic E-state index is 8.62. The lowest BCUT2D eigenvalue weighted by molar-refractivity contribution is 0.282. The highest BCUT2D eigenvalue weighted by atomic mass is 16.2. The Bertz CT molecular complexity index is 228. The molecule has 1 aromatic rings. The number of nitrogens with one attached hydrogen (secondary N) is 1. The Kier molecular flexibility index (Phi) is 4.18. The molecule has 0 radical (unpaired) electrons. The van der Waals surface area contributed by atoms with Gasteiger partial charge in [0.05, 0.1) is 0 Å². The van der Waals surface area contributed by atoms with Crippen molar-refractivity contribution in [1.82, 2.24) is 9.97 Å². The van der Waals surface area contributed by atoms with Gasteiger partial charge in [0.1, 0.15) is 0 Å². The predicted molar refractivity (Wildman–Crippen MR) is 51.4 cm³/mol. The fourth-order valence-corrected chi connectivity index (χ4v) is 1.06. The quantitative estimate of drug-likeness (QED) is 0.712. The van der Waals surface area contributed by atoms with E-state index < -0.39 is 0 Å². The fourth-order valence-electron chi connectivity index (χ4n) is 1.06. The molecule has 0 bridgehead atoms. The number of aromatic nitrogens is 2. The number of anilines is 1. The summed E-state index contributed by atoms with van der Waals surface area (Å²) in [6, 6.07) is 2.08. The molecule has 0 amide bonds. The Hall–Kier alpha value is -1.16. The monoisotopic (exact) mass is 181 g/mol. The van der Waals surface area contributed by atoms with Gasteiger partial charge in [-0.1, -0.05) is 0 Å². The molecule has 1 heterocycles. The van der Waals surface area contributed by atoms with E-state index in [9.17, 15) is 0 Å². The number of hydrogen-bond acceptors (Lipinski definition) is 4. The van der Waals surface area contributed by atoms with E-state index in [1.165, 1.54) is 0 Å². The molecule has 0 aliphatic heterocycles. The Balaban J connectivity index is 2.32. The molecule has 72 valence electrons. The van der Waals surface area contributed by atoms with Crippen molar-refractivity contribution in [3.63, 3.8) is 0 Å². The Morgan fingerprint density at radius 1 is 1.46 bits per heavy atom. The van der Waals surface area contributed by atoms with Gasteiger partial charge in [0.25, 0.3) is 0 Å². The van der Waals surface area contributed by atoms with Crippen LogP contribution in [0.5, 0.6) is 0 Å². The van der Waals surface area contributed by atoms with E-state index in [2.05, 4.69) is 15.3 Å². The molecule has 1 rings (SSSR count). The second kappa shape index (κ2) is 5.48. The standard InChI is InChI=1S/C9H15N3O/c1-8(4-2-7-13)12-9-10-5-3-6-11-9/h3,5-6,8,13H,2,4,7H2,1H3,(H,10,11,12). The smallest absolute Gasteiger partial charge is 0.222 e. The van der Waals surface area contributed by atoms with Crippen LogP contribution >= 0.6 is 0 Å². The van der Waals surface area contributed by atoms with Gasteiger partial charge < -0.3 is 10.4 Å². The van der Waals surface area contributed by atoms with Crippen molar-refractivity contribution < 1.29 is 5.11 Å². The number of rotatable bonds is 5. The lowest BCUT2D eigenvalue weighted by atomic mass is 10.2. The molecule has 0 saturated heterocycles. The molecule has 0 fully saturated rings. The summed E-state index contributed by atoms with van der Waals surface area (Å²) in [6.07, 6.45) is 5.14. The molecule has 4 nitrogen and oxygen atoms in total. The maximum absolute atomic E-state index is 8.62. The summed E-state index contributed by atoms with van der Waals surface area (Å²) >= 11 is 0. The van der Waals surface area contributed by atoms with Crippen LogP contribution in [0.4, 0.5) is 5.95 Å². The number of hydrogen-bond donors (Lipinski definition) is 2. The van der Waals surface area contributed by atoms with Gasteiger partial charge in [-0.25, -0.2) is 9.97 Å². The zero-order valence-corrected chi connectivity index (χ0v) is 7.77. The van der Waals surface area contributed by atoms with Gasteiger partial charge in [-0.05, 0) is 25.8 Å².